The largest absolute Gasteiger partial charge is 1.00 e. The first-order chi connectivity index (χ1) is 9.28. The van der Waals surface area contributed by atoms with Crippen molar-refractivity contribution in [1.82, 2.24) is 0 Å². The summed E-state index contributed by atoms with van der Waals surface area (Å²) in [6.07, 6.45) is 3.99. The molecule has 6 nitrogen and oxygen atoms in total. The van der Waals surface area contributed by atoms with E-state index < -0.39 is 5.91 Å². The Kier molecular flexibility index (Phi) is 5.75. The van der Waals surface area contributed by atoms with Crippen molar-refractivity contribution in [3.63, 3.8) is 0 Å². The number of rotatable bonds is 4. The number of carbonyl (C=O) groups excluding carboxylic acids is 2. The van der Waals surface area contributed by atoms with Gasteiger partial charge in [0.15, 0.2) is 6.54 Å². The maximum atomic E-state index is 12.0. The van der Waals surface area contributed by atoms with Crippen LogP contribution in [0.1, 0.15) is 33.6 Å². The zero-order chi connectivity index (χ0) is 14.9. The van der Waals surface area contributed by atoms with Crippen LogP contribution in [0.3, 0.4) is 0 Å². The lowest BCUT2D eigenvalue weighted by Gasteiger charge is -2.21. The Labute approximate surface area is 134 Å². The molecule has 5 N–H and O–H groups in total. The van der Waals surface area contributed by atoms with E-state index in [1.165, 1.54) is 16.2 Å². The van der Waals surface area contributed by atoms with Gasteiger partial charge in [0.1, 0.15) is 5.00 Å². The Morgan fingerprint density at radius 2 is 1.90 bits per heavy atom. The lowest BCUT2D eigenvalue weighted by molar-refractivity contribution is -0.894. The van der Waals surface area contributed by atoms with Gasteiger partial charge in [0.2, 0.25) is 0 Å². The standard InChI is InChI=1S/C13H20N4O2S.ClH/c1-17(2,15)7-10(18)16-13-11(12(14)19)8-5-3-4-6-9(8)20-13;/h3-7,15H2,1-2H3,(H2-,14,16,18,19);1H. The quantitative estimate of drug-likeness (QED) is 0.326. The van der Waals surface area contributed by atoms with Crippen LogP contribution in [0.5, 0.6) is 0 Å². The van der Waals surface area contributed by atoms with Gasteiger partial charge in [-0.1, -0.05) is 0 Å². The van der Waals surface area contributed by atoms with E-state index in [9.17, 15) is 9.59 Å². The third-order valence-corrected chi connectivity index (χ3v) is 4.43. The monoisotopic (exact) mass is 332 g/mol. The summed E-state index contributed by atoms with van der Waals surface area (Å²) in [5, 5.41) is 3.36. The van der Waals surface area contributed by atoms with E-state index in [1.807, 2.05) is 0 Å². The van der Waals surface area contributed by atoms with Gasteiger partial charge >= 0.3 is 0 Å². The Morgan fingerprint density at radius 1 is 1.29 bits per heavy atom. The number of hydrogen-bond acceptors (Lipinski definition) is 4. The fraction of sp³-hybridized carbons (Fsp3) is 0.538. The summed E-state index contributed by atoms with van der Waals surface area (Å²) in [4.78, 5) is 24.8. The molecule has 0 fully saturated rings. The minimum Gasteiger partial charge on any atom is -1.00 e. The zero-order valence-electron chi connectivity index (χ0n) is 12.2. The highest BCUT2D eigenvalue weighted by Gasteiger charge is 2.26. The fourth-order valence-corrected chi connectivity index (χ4v) is 3.76. The summed E-state index contributed by atoms with van der Waals surface area (Å²) in [5.41, 5.74) is 6.98. The lowest BCUT2D eigenvalue weighted by atomic mass is 9.95. The van der Waals surface area contributed by atoms with Crippen molar-refractivity contribution in [2.24, 2.45) is 11.6 Å². The van der Waals surface area contributed by atoms with Crippen LogP contribution < -0.4 is 29.3 Å². The van der Waals surface area contributed by atoms with Gasteiger partial charge in [0, 0.05) is 4.88 Å². The van der Waals surface area contributed by atoms with Crippen LogP contribution in [0.2, 0.25) is 0 Å². The topological polar surface area (TPSA) is 98.2 Å². The summed E-state index contributed by atoms with van der Waals surface area (Å²) in [6, 6.07) is 0. The van der Waals surface area contributed by atoms with E-state index in [4.69, 9.17) is 11.6 Å². The molecular weight excluding hydrogens is 312 g/mol. The number of fused-ring (bicyclic) bond motifs is 1. The average Bonchev–Trinajstić information content (AvgIpc) is 2.63. The molecule has 0 saturated heterocycles. The number of thiophene rings is 1. The molecular formula is C13H21ClN4O2S. The summed E-state index contributed by atoms with van der Waals surface area (Å²) in [7, 11) is 3.46. The van der Waals surface area contributed by atoms with Crippen molar-refractivity contribution in [1.29, 1.82) is 0 Å². The van der Waals surface area contributed by atoms with E-state index >= 15 is 0 Å². The predicted molar refractivity (Wildman–Crippen MR) is 79.3 cm³/mol. The van der Waals surface area contributed by atoms with E-state index in [1.54, 1.807) is 14.1 Å². The number of carbonyl (C=O) groups is 2. The summed E-state index contributed by atoms with van der Waals surface area (Å²) < 4.78 is 0.0445. The van der Waals surface area contributed by atoms with E-state index in [0.29, 0.717) is 10.6 Å². The number of nitrogens with one attached hydrogen (secondary N) is 1. The highest BCUT2D eigenvalue weighted by molar-refractivity contribution is 7.17. The molecule has 0 radical (unpaired) electrons. The van der Waals surface area contributed by atoms with Crippen LogP contribution in [-0.4, -0.2) is 37.0 Å². The number of anilines is 1. The van der Waals surface area contributed by atoms with Crippen molar-refractivity contribution in [2.45, 2.75) is 25.7 Å². The van der Waals surface area contributed by atoms with Crippen LogP contribution >= 0.6 is 11.3 Å². The molecule has 1 aromatic rings. The number of quaternary nitrogens is 1. The Morgan fingerprint density at radius 3 is 2.48 bits per heavy atom. The lowest BCUT2D eigenvalue weighted by Crippen LogP contribution is -3.00. The number of amides is 2. The average molecular weight is 333 g/mol. The van der Waals surface area contributed by atoms with Crippen LogP contribution in [0, 0.1) is 0 Å². The van der Waals surface area contributed by atoms with Crippen molar-refractivity contribution in [3.8, 4) is 0 Å². The first kappa shape index (κ1) is 17.9. The number of aryl methyl sites for hydroxylation is 1. The third kappa shape index (κ3) is 4.41. The number of nitrogens with zero attached hydrogens (tertiary/aromatic N) is 1. The Balaban J connectivity index is 0.00000220. The van der Waals surface area contributed by atoms with Gasteiger partial charge in [-0.3, -0.25) is 9.59 Å². The summed E-state index contributed by atoms with van der Waals surface area (Å²) in [6.45, 7) is 0.140. The minimum atomic E-state index is -0.471. The van der Waals surface area contributed by atoms with Crippen LogP contribution in [0.4, 0.5) is 5.00 Å². The van der Waals surface area contributed by atoms with Crippen molar-refractivity contribution in [2.75, 3.05) is 26.0 Å². The second-order valence-corrected chi connectivity index (χ2v) is 6.87. The highest BCUT2D eigenvalue weighted by atomic mass is 35.5. The normalized spacial score (nSPS) is 14.0. The Bertz CT molecular complexity index is 551. The molecule has 0 saturated carbocycles. The van der Waals surface area contributed by atoms with Crippen LogP contribution in [0.15, 0.2) is 0 Å². The second kappa shape index (κ2) is 6.74. The van der Waals surface area contributed by atoms with E-state index in [2.05, 4.69) is 5.32 Å². The predicted octanol–water partition coefficient (Wildman–Crippen LogP) is -2.38. The maximum absolute atomic E-state index is 12.0. The smallest absolute Gasteiger partial charge is 0.282 e. The van der Waals surface area contributed by atoms with Crippen LogP contribution in [-0.2, 0) is 17.6 Å². The highest BCUT2D eigenvalue weighted by Crippen LogP contribution is 2.37. The van der Waals surface area contributed by atoms with Crippen molar-refractivity contribution < 1.29 is 26.6 Å². The van der Waals surface area contributed by atoms with Gasteiger partial charge in [0.25, 0.3) is 11.8 Å². The molecule has 1 heterocycles. The molecule has 0 spiro atoms. The number of primary amides is 1. The van der Waals surface area contributed by atoms with Gasteiger partial charge in [-0.05, 0) is 31.2 Å². The molecule has 1 aliphatic carbocycles. The van der Waals surface area contributed by atoms with Crippen LogP contribution in [0.25, 0.3) is 0 Å². The minimum absolute atomic E-state index is 0. The molecule has 1 aliphatic rings. The molecule has 2 rings (SSSR count). The molecule has 118 valence electrons. The van der Waals surface area contributed by atoms with E-state index in [-0.39, 0.29) is 29.5 Å². The summed E-state index contributed by atoms with van der Waals surface area (Å²) in [5.74, 6) is 5.09. The molecule has 2 amide bonds. The first-order valence-corrected chi connectivity index (χ1v) is 7.45. The van der Waals surface area contributed by atoms with Crippen molar-refractivity contribution in [3.05, 3.63) is 16.0 Å². The molecule has 0 unspecified atom stereocenters. The second-order valence-electron chi connectivity index (χ2n) is 5.76. The zero-order valence-corrected chi connectivity index (χ0v) is 13.8. The van der Waals surface area contributed by atoms with Gasteiger partial charge in [-0.15, -0.1) is 11.3 Å². The molecule has 0 aliphatic heterocycles. The van der Waals surface area contributed by atoms with Gasteiger partial charge in [0.05, 0.1) is 19.7 Å². The first-order valence-electron chi connectivity index (χ1n) is 6.63. The van der Waals surface area contributed by atoms with E-state index in [0.717, 1.165) is 31.2 Å². The number of likely N-dealkylation sites (N-methyl/N-ethyl adjacent to an activating group) is 1. The summed E-state index contributed by atoms with van der Waals surface area (Å²) >= 11 is 1.46. The van der Waals surface area contributed by atoms with Gasteiger partial charge in [-0.25, -0.2) is 4.59 Å². The molecule has 0 bridgehead atoms. The fourth-order valence-electron chi connectivity index (χ4n) is 2.45. The Hall–Kier alpha value is -1.15. The molecule has 1 aromatic heterocycles. The molecule has 0 aromatic carbocycles. The maximum Gasteiger partial charge on any atom is 0.282 e. The number of hydrogen-bond donors (Lipinski definition) is 3. The molecule has 8 heteroatoms. The van der Waals surface area contributed by atoms with Crippen molar-refractivity contribution >= 4 is 28.2 Å². The van der Waals surface area contributed by atoms with Gasteiger partial charge in [-0.2, -0.15) is 5.84 Å². The SMILES string of the molecule is C[N+](C)(N)CC(=O)Nc1sc2c(c1C(N)=O)CCCC2.[Cl-]. The molecule has 21 heavy (non-hydrogen) atoms. The number of nitrogens with two attached hydrogens (primary N) is 2. The van der Waals surface area contributed by atoms with Gasteiger partial charge < -0.3 is 23.5 Å². The molecule has 0 atom stereocenters. The number of halogens is 1. The third-order valence-electron chi connectivity index (χ3n) is 3.22.